The van der Waals surface area contributed by atoms with Gasteiger partial charge in [0, 0.05) is 10.9 Å². The number of ether oxygens (including phenoxy) is 1. The maximum absolute atomic E-state index is 12.6. The van der Waals surface area contributed by atoms with Crippen molar-refractivity contribution in [2.24, 2.45) is 0 Å². The van der Waals surface area contributed by atoms with E-state index in [-0.39, 0.29) is 4.90 Å². The van der Waals surface area contributed by atoms with Crippen LogP contribution in [0.15, 0.2) is 58.2 Å². The van der Waals surface area contributed by atoms with Gasteiger partial charge in [-0.25, -0.2) is 8.42 Å². The van der Waals surface area contributed by atoms with Crippen LogP contribution in [0.1, 0.15) is 0 Å². The lowest BCUT2D eigenvalue weighted by atomic mass is 10.1. The largest absolute Gasteiger partial charge is 0.497 e. The predicted molar refractivity (Wildman–Crippen MR) is 82.8 cm³/mol. The number of methoxy groups -OCH3 is 1. The quantitative estimate of drug-likeness (QED) is 0.540. The van der Waals surface area contributed by atoms with E-state index in [2.05, 4.69) is 0 Å². The van der Waals surface area contributed by atoms with Gasteiger partial charge in [-0.05, 0) is 35.7 Å². The molecule has 2 aromatic carbocycles. The van der Waals surface area contributed by atoms with Crippen molar-refractivity contribution >= 4 is 20.8 Å². The zero-order valence-corrected chi connectivity index (χ0v) is 12.4. The molecule has 4 rings (SSSR count). The number of hydrogen-bond donors (Lipinski definition) is 0. The minimum atomic E-state index is -3.83. The summed E-state index contributed by atoms with van der Waals surface area (Å²) in [6.45, 7) is 0. The zero-order valence-electron chi connectivity index (χ0n) is 11.6. The van der Waals surface area contributed by atoms with Gasteiger partial charge in [0.2, 0.25) is 0 Å². The third-order valence-corrected chi connectivity index (χ3v) is 5.62. The van der Waals surface area contributed by atoms with Gasteiger partial charge in [0.1, 0.15) is 5.75 Å². The second kappa shape index (κ2) is 4.20. The van der Waals surface area contributed by atoms with Crippen molar-refractivity contribution in [3.8, 4) is 17.0 Å². The fourth-order valence-electron chi connectivity index (χ4n) is 2.83. The average Bonchev–Trinajstić information content (AvgIpc) is 2.75. The second-order valence-electron chi connectivity index (χ2n) is 5.05. The molecule has 0 aliphatic carbocycles. The van der Waals surface area contributed by atoms with Crippen LogP contribution in [0.25, 0.3) is 22.0 Å². The van der Waals surface area contributed by atoms with Gasteiger partial charge in [0.25, 0.3) is 15.6 Å². The Bertz CT molecular complexity index is 1100. The molecule has 2 heterocycles. The summed E-state index contributed by atoms with van der Waals surface area (Å²) in [7, 11) is -2.29. The van der Waals surface area contributed by atoms with Gasteiger partial charge in [0.05, 0.1) is 17.7 Å². The molecule has 6 heteroatoms. The average molecular weight is 313 g/mol. The first-order chi connectivity index (χ1) is 10.5. The van der Waals surface area contributed by atoms with Crippen molar-refractivity contribution in [2.45, 2.75) is 4.90 Å². The van der Waals surface area contributed by atoms with Crippen LogP contribution in [0.4, 0.5) is 0 Å². The van der Waals surface area contributed by atoms with Crippen LogP contribution in [0.5, 0.6) is 5.75 Å². The van der Waals surface area contributed by atoms with E-state index in [1.165, 1.54) is 6.07 Å². The van der Waals surface area contributed by atoms with Crippen LogP contribution in [0, 0.1) is 0 Å². The van der Waals surface area contributed by atoms with Crippen molar-refractivity contribution in [1.29, 1.82) is 0 Å². The van der Waals surface area contributed by atoms with E-state index < -0.39 is 15.6 Å². The zero-order chi connectivity index (χ0) is 15.5. The standard InChI is InChI=1S/C16H11NO4S/c1-21-11-6-7-12-10(8-11)9-14-13-4-2-3-5-15(13)22(19,20)17(14)16(12)18/h2-9H,1H3. The Hall–Kier alpha value is -2.60. The van der Waals surface area contributed by atoms with Gasteiger partial charge in [-0.3, -0.25) is 4.79 Å². The lowest BCUT2D eigenvalue weighted by Crippen LogP contribution is -2.24. The van der Waals surface area contributed by atoms with Crippen molar-refractivity contribution in [2.75, 3.05) is 7.11 Å². The third kappa shape index (κ3) is 1.52. The van der Waals surface area contributed by atoms with E-state index in [9.17, 15) is 13.2 Å². The molecular formula is C16H11NO4S. The first kappa shape index (κ1) is 13.1. The Balaban J connectivity index is 2.21. The van der Waals surface area contributed by atoms with E-state index in [1.807, 2.05) is 0 Å². The topological polar surface area (TPSA) is 65.4 Å². The maximum Gasteiger partial charge on any atom is 0.272 e. The molecular weight excluding hydrogens is 302 g/mol. The Labute approximate surface area is 126 Å². The maximum atomic E-state index is 12.6. The molecule has 1 aliphatic rings. The minimum absolute atomic E-state index is 0.161. The fourth-order valence-corrected chi connectivity index (χ4v) is 4.46. The molecule has 5 nitrogen and oxygen atoms in total. The molecule has 0 radical (unpaired) electrons. The van der Waals surface area contributed by atoms with Crippen LogP contribution < -0.4 is 10.3 Å². The summed E-state index contributed by atoms with van der Waals surface area (Å²) < 4.78 is 31.2. The number of benzene rings is 2. The molecule has 0 bridgehead atoms. The van der Waals surface area contributed by atoms with Crippen LogP contribution in [-0.2, 0) is 10.0 Å². The lowest BCUT2D eigenvalue weighted by Gasteiger charge is -2.07. The second-order valence-corrected chi connectivity index (χ2v) is 6.81. The summed E-state index contributed by atoms with van der Waals surface area (Å²) in [5.74, 6) is 0.617. The molecule has 1 aliphatic heterocycles. The third-order valence-electron chi connectivity index (χ3n) is 3.87. The lowest BCUT2D eigenvalue weighted by molar-refractivity contribution is 0.415. The molecule has 3 aromatic rings. The number of rotatable bonds is 1. The van der Waals surface area contributed by atoms with Gasteiger partial charge < -0.3 is 4.74 Å². The van der Waals surface area contributed by atoms with E-state index >= 15 is 0 Å². The van der Waals surface area contributed by atoms with Crippen molar-refractivity contribution in [3.63, 3.8) is 0 Å². The summed E-state index contributed by atoms with van der Waals surface area (Å²) in [6, 6.07) is 13.3. The van der Waals surface area contributed by atoms with Gasteiger partial charge >= 0.3 is 0 Å². The van der Waals surface area contributed by atoms with Gasteiger partial charge in [0.15, 0.2) is 0 Å². The SMILES string of the molecule is COc1ccc2c(=O)n3c(cc2c1)-c1ccccc1S3(=O)=O. The molecule has 0 unspecified atom stereocenters. The minimum Gasteiger partial charge on any atom is -0.497 e. The smallest absolute Gasteiger partial charge is 0.272 e. The van der Waals surface area contributed by atoms with Gasteiger partial charge in [-0.1, -0.05) is 18.2 Å². The van der Waals surface area contributed by atoms with Crippen molar-refractivity contribution in [3.05, 3.63) is 58.9 Å². The predicted octanol–water partition coefficient (Wildman–Crippen LogP) is 2.23. The monoisotopic (exact) mass is 313 g/mol. The van der Waals surface area contributed by atoms with Crippen molar-refractivity contribution in [1.82, 2.24) is 3.97 Å². The highest BCUT2D eigenvalue weighted by atomic mass is 32.2. The van der Waals surface area contributed by atoms with Crippen LogP contribution >= 0.6 is 0 Å². The number of nitrogens with zero attached hydrogens (tertiary/aromatic N) is 1. The molecule has 0 N–H and O–H groups in total. The molecule has 0 amide bonds. The Kier molecular flexibility index (Phi) is 2.50. The fraction of sp³-hybridized carbons (Fsp3) is 0.0625. The number of fused-ring (bicyclic) bond motifs is 4. The van der Waals surface area contributed by atoms with Crippen LogP contribution in [0.3, 0.4) is 0 Å². The summed E-state index contributed by atoms with van der Waals surface area (Å²) in [4.78, 5) is 12.8. The number of hydrogen-bond acceptors (Lipinski definition) is 4. The van der Waals surface area contributed by atoms with E-state index in [1.54, 1.807) is 49.6 Å². The van der Waals surface area contributed by atoms with Crippen LogP contribution in [0.2, 0.25) is 0 Å². The number of aromatic nitrogens is 1. The Morgan fingerprint density at radius 2 is 1.82 bits per heavy atom. The highest BCUT2D eigenvalue weighted by Crippen LogP contribution is 2.37. The summed E-state index contributed by atoms with van der Waals surface area (Å²) in [5, 5.41) is 1.00. The van der Waals surface area contributed by atoms with Gasteiger partial charge in [-0.2, -0.15) is 3.97 Å². The first-order valence-electron chi connectivity index (χ1n) is 6.63. The first-order valence-corrected chi connectivity index (χ1v) is 8.07. The number of pyridine rings is 1. The van der Waals surface area contributed by atoms with Crippen LogP contribution in [-0.4, -0.2) is 19.5 Å². The Morgan fingerprint density at radius 3 is 2.59 bits per heavy atom. The highest BCUT2D eigenvalue weighted by molar-refractivity contribution is 7.90. The summed E-state index contributed by atoms with van der Waals surface area (Å²) in [6.07, 6.45) is 0. The van der Waals surface area contributed by atoms with E-state index in [0.717, 1.165) is 3.97 Å². The molecule has 0 fully saturated rings. The van der Waals surface area contributed by atoms with E-state index in [0.29, 0.717) is 27.8 Å². The molecule has 0 saturated heterocycles. The molecule has 110 valence electrons. The summed E-state index contributed by atoms with van der Waals surface area (Å²) >= 11 is 0. The Morgan fingerprint density at radius 1 is 1.05 bits per heavy atom. The van der Waals surface area contributed by atoms with Gasteiger partial charge in [-0.15, -0.1) is 0 Å². The van der Waals surface area contributed by atoms with Crippen molar-refractivity contribution < 1.29 is 13.2 Å². The molecule has 22 heavy (non-hydrogen) atoms. The molecule has 0 saturated carbocycles. The molecule has 0 atom stereocenters. The normalized spacial score (nSPS) is 14.6. The summed E-state index contributed by atoms with van der Waals surface area (Å²) in [5.41, 5.74) is 0.400. The van der Waals surface area contributed by atoms with E-state index in [4.69, 9.17) is 4.74 Å². The highest BCUT2D eigenvalue weighted by Gasteiger charge is 2.33. The molecule has 0 spiro atoms. The molecule has 1 aromatic heterocycles.